The molecule has 138 valence electrons. The third-order valence-corrected chi connectivity index (χ3v) is 3.46. The molecule has 26 heavy (non-hydrogen) atoms. The zero-order valence-corrected chi connectivity index (χ0v) is 15.2. The van der Waals surface area contributed by atoms with Gasteiger partial charge in [-0.2, -0.15) is 0 Å². The summed E-state index contributed by atoms with van der Waals surface area (Å²) in [6.45, 7) is 2.38. The third-order valence-electron chi connectivity index (χ3n) is 3.22. The predicted molar refractivity (Wildman–Crippen MR) is 100 cm³/mol. The number of carbonyl (C=O) groups is 2. The first-order valence-electron chi connectivity index (χ1n) is 7.97. The predicted octanol–water partition coefficient (Wildman–Crippen LogP) is 3.40. The second-order valence-corrected chi connectivity index (χ2v) is 5.56. The number of benzene rings is 2. The van der Waals surface area contributed by atoms with E-state index < -0.39 is 11.9 Å². The molecule has 3 amide bonds. The average Bonchev–Trinajstić information content (AvgIpc) is 2.63. The number of hydrogen-bond donors (Lipinski definition) is 3. The number of nitrogens with one attached hydrogen (secondary N) is 3. The van der Waals surface area contributed by atoms with Crippen molar-refractivity contribution in [1.29, 1.82) is 0 Å². The SMILES string of the molecule is CCOc1ccc(Oc2ccc(Cl)cc2NCC(=O)NC(=O)NC)cc1. The van der Waals surface area contributed by atoms with Crippen LogP contribution in [0.15, 0.2) is 42.5 Å². The largest absolute Gasteiger partial charge is 0.494 e. The summed E-state index contributed by atoms with van der Waals surface area (Å²) in [6.07, 6.45) is 0. The number of halogens is 1. The van der Waals surface area contributed by atoms with E-state index in [2.05, 4.69) is 16.0 Å². The van der Waals surface area contributed by atoms with Gasteiger partial charge in [0, 0.05) is 12.1 Å². The molecule has 0 saturated carbocycles. The Morgan fingerprint density at radius 1 is 1.08 bits per heavy atom. The summed E-state index contributed by atoms with van der Waals surface area (Å²) < 4.78 is 11.2. The quantitative estimate of drug-likeness (QED) is 0.688. The Balaban J connectivity index is 2.06. The minimum absolute atomic E-state index is 0.118. The van der Waals surface area contributed by atoms with Crippen LogP contribution in [0.2, 0.25) is 5.02 Å². The molecule has 0 saturated heterocycles. The molecule has 3 N–H and O–H groups in total. The molecule has 0 fully saturated rings. The number of amides is 3. The fourth-order valence-corrected chi connectivity index (χ4v) is 2.21. The summed E-state index contributed by atoms with van der Waals surface area (Å²) in [5, 5.41) is 7.86. The Morgan fingerprint density at radius 3 is 2.42 bits per heavy atom. The summed E-state index contributed by atoms with van der Waals surface area (Å²) in [4.78, 5) is 22.9. The normalized spacial score (nSPS) is 9.96. The van der Waals surface area contributed by atoms with Gasteiger partial charge in [-0.1, -0.05) is 11.6 Å². The van der Waals surface area contributed by atoms with Crippen molar-refractivity contribution >= 4 is 29.2 Å². The van der Waals surface area contributed by atoms with Crippen molar-refractivity contribution in [2.45, 2.75) is 6.92 Å². The van der Waals surface area contributed by atoms with Gasteiger partial charge in [0.1, 0.15) is 11.5 Å². The molecule has 0 aliphatic carbocycles. The van der Waals surface area contributed by atoms with Crippen LogP contribution < -0.4 is 25.4 Å². The molecule has 0 atom stereocenters. The molecule has 7 nitrogen and oxygen atoms in total. The smallest absolute Gasteiger partial charge is 0.321 e. The van der Waals surface area contributed by atoms with Crippen LogP contribution >= 0.6 is 11.6 Å². The van der Waals surface area contributed by atoms with Gasteiger partial charge in [0.2, 0.25) is 5.91 Å². The molecule has 0 unspecified atom stereocenters. The standard InChI is InChI=1S/C18H20ClN3O4/c1-3-25-13-5-7-14(8-6-13)26-16-9-4-12(19)10-15(16)21-11-17(23)22-18(24)20-2/h4-10,21H,3,11H2,1-2H3,(H2,20,22,23,24). The summed E-state index contributed by atoms with van der Waals surface area (Å²) in [5.74, 6) is 1.36. The van der Waals surface area contributed by atoms with E-state index in [9.17, 15) is 9.59 Å². The van der Waals surface area contributed by atoms with E-state index in [1.165, 1.54) is 7.05 Å². The Labute approximate surface area is 156 Å². The highest BCUT2D eigenvalue weighted by Crippen LogP contribution is 2.32. The molecule has 0 bridgehead atoms. The monoisotopic (exact) mass is 377 g/mol. The van der Waals surface area contributed by atoms with Gasteiger partial charge in [0.25, 0.3) is 0 Å². The summed E-state index contributed by atoms with van der Waals surface area (Å²) in [6, 6.07) is 11.6. The Morgan fingerprint density at radius 2 is 1.77 bits per heavy atom. The van der Waals surface area contributed by atoms with Crippen LogP contribution in [0.5, 0.6) is 17.2 Å². The number of hydrogen-bond acceptors (Lipinski definition) is 5. The number of carbonyl (C=O) groups excluding carboxylic acids is 2. The second-order valence-electron chi connectivity index (χ2n) is 5.13. The van der Waals surface area contributed by atoms with E-state index in [1.54, 1.807) is 42.5 Å². The zero-order chi connectivity index (χ0) is 18.9. The highest BCUT2D eigenvalue weighted by molar-refractivity contribution is 6.31. The molecule has 0 radical (unpaired) electrons. The Hall–Kier alpha value is -2.93. The minimum Gasteiger partial charge on any atom is -0.494 e. The third kappa shape index (κ3) is 5.86. The van der Waals surface area contributed by atoms with Gasteiger partial charge in [0.15, 0.2) is 5.75 Å². The Kier molecular flexibility index (Phi) is 7.11. The maximum atomic E-state index is 11.7. The van der Waals surface area contributed by atoms with Crippen LogP contribution in [-0.4, -0.2) is 32.1 Å². The average molecular weight is 378 g/mol. The number of rotatable bonds is 7. The van der Waals surface area contributed by atoms with Gasteiger partial charge in [0.05, 0.1) is 18.8 Å². The molecule has 0 heterocycles. The number of anilines is 1. The van der Waals surface area contributed by atoms with Crippen molar-refractivity contribution in [3.8, 4) is 17.2 Å². The first kappa shape index (κ1) is 19.4. The Bertz CT molecular complexity index is 766. The van der Waals surface area contributed by atoms with E-state index in [0.29, 0.717) is 28.8 Å². The van der Waals surface area contributed by atoms with Gasteiger partial charge in [-0.05, 0) is 49.4 Å². The van der Waals surface area contributed by atoms with Crippen LogP contribution in [0.3, 0.4) is 0 Å². The molecule has 0 aliphatic heterocycles. The molecule has 2 aromatic carbocycles. The zero-order valence-electron chi connectivity index (χ0n) is 14.5. The number of urea groups is 1. The van der Waals surface area contributed by atoms with Crippen LogP contribution in [0.25, 0.3) is 0 Å². The van der Waals surface area contributed by atoms with Crippen molar-refractivity contribution in [2.24, 2.45) is 0 Å². The van der Waals surface area contributed by atoms with E-state index in [1.807, 2.05) is 6.92 Å². The first-order chi connectivity index (χ1) is 12.5. The van der Waals surface area contributed by atoms with Crippen LogP contribution in [0.1, 0.15) is 6.92 Å². The number of ether oxygens (including phenoxy) is 2. The highest BCUT2D eigenvalue weighted by atomic mass is 35.5. The highest BCUT2D eigenvalue weighted by Gasteiger charge is 2.10. The van der Waals surface area contributed by atoms with Gasteiger partial charge in [-0.3, -0.25) is 10.1 Å². The lowest BCUT2D eigenvalue weighted by Crippen LogP contribution is -2.40. The lowest BCUT2D eigenvalue weighted by atomic mass is 10.2. The van der Waals surface area contributed by atoms with Crippen molar-refractivity contribution in [3.63, 3.8) is 0 Å². The molecule has 0 aliphatic rings. The minimum atomic E-state index is -0.575. The fourth-order valence-electron chi connectivity index (χ4n) is 2.04. The van der Waals surface area contributed by atoms with E-state index in [4.69, 9.17) is 21.1 Å². The van der Waals surface area contributed by atoms with E-state index in [0.717, 1.165) is 5.75 Å². The van der Waals surface area contributed by atoms with E-state index in [-0.39, 0.29) is 6.54 Å². The molecule has 2 aromatic rings. The molecular formula is C18H20ClN3O4. The summed E-state index contributed by atoms with van der Waals surface area (Å²) in [5.41, 5.74) is 0.526. The van der Waals surface area contributed by atoms with Crippen molar-refractivity contribution in [1.82, 2.24) is 10.6 Å². The van der Waals surface area contributed by atoms with Crippen LogP contribution in [0, 0.1) is 0 Å². The van der Waals surface area contributed by atoms with Crippen molar-refractivity contribution in [3.05, 3.63) is 47.5 Å². The van der Waals surface area contributed by atoms with E-state index >= 15 is 0 Å². The summed E-state index contributed by atoms with van der Waals surface area (Å²) in [7, 11) is 1.43. The van der Waals surface area contributed by atoms with Crippen LogP contribution in [0.4, 0.5) is 10.5 Å². The summed E-state index contributed by atoms with van der Waals surface area (Å²) >= 11 is 6.02. The molecule has 2 rings (SSSR count). The van der Waals surface area contributed by atoms with Gasteiger partial charge in [-0.25, -0.2) is 4.79 Å². The fraction of sp³-hybridized carbons (Fsp3) is 0.222. The van der Waals surface area contributed by atoms with Gasteiger partial charge in [-0.15, -0.1) is 0 Å². The molecule has 0 spiro atoms. The number of imide groups is 1. The molecular weight excluding hydrogens is 358 g/mol. The van der Waals surface area contributed by atoms with Crippen LogP contribution in [-0.2, 0) is 4.79 Å². The molecule has 8 heteroatoms. The molecule has 0 aromatic heterocycles. The van der Waals surface area contributed by atoms with Gasteiger partial charge < -0.3 is 20.1 Å². The maximum absolute atomic E-state index is 11.7. The lowest BCUT2D eigenvalue weighted by Gasteiger charge is -2.14. The first-order valence-corrected chi connectivity index (χ1v) is 8.35. The van der Waals surface area contributed by atoms with Crippen molar-refractivity contribution < 1.29 is 19.1 Å². The lowest BCUT2D eigenvalue weighted by molar-refractivity contribution is -0.118. The van der Waals surface area contributed by atoms with Crippen molar-refractivity contribution in [2.75, 3.05) is 25.5 Å². The second kappa shape index (κ2) is 9.53. The topological polar surface area (TPSA) is 88.7 Å². The van der Waals surface area contributed by atoms with Gasteiger partial charge >= 0.3 is 6.03 Å². The maximum Gasteiger partial charge on any atom is 0.321 e.